The van der Waals surface area contributed by atoms with Crippen molar-refractivity contribution in [1.29, 1.82) is 0 Å². The fraction of sp³-hybridized carbons (Fsp3) is 0.292. The number of halogens is 1. The van der Waals surface area contributed by atoms with Gasteiger partial charge < -0.3 is 14.5 Å². The lowest BCUT2D eigenvalue weighted by Gasteiger charge is -2.35. The van der Waals surface area contributed by atoms with E-state index in [1.807, 2.05) is 49.1 Å². The van der Waals surface area contributed by atoms with Gasteiger partial charge in [-0.15, -0.1) is 10.2 Å². The molecule has 2 aromatic carbocycles. The summed E-state index contributed by atoms with van der Waals surface area (Å²) in [6.45, 7) is 6.62. The number of ether oxygens (including phenoxy) is 1. The van der Waals surface area contributed by atoms with Gasteiger partial charge in [0.1, 0.15) is 11.6 Å². The number of amides is 1. The second-order valence-corrected chi connectivity index (χ2v) is 7.71. The summed E-state index contributed by atoms with van der Waals surface area (Å²) in [5.74, 6) is 1.22. The van der Waals surface area contributed by atoms with Gasteiger partial charge in [0, 0.05) is 31.7 Å². The molecule has 1 aliphatic rings. The van der Waals surface area contributed by atoms with E-state index in [0.29, 0.717) is 31.9 Å². The minimum atomic E-state index is -0.278. The van der Waals surface area contributed by atoms with Crippen molar-refractivity contribution >= 4 is 11.7 Å². The molecule has 0 N–H and O–H groups in total. The number of carbonyl (C=O) groups is 1. The number of rotatable bonds is 5. The third-order valence-corrected chi connectivity index (χ3v) is 5.43. The van der Waals surface area contributed by atoms with Crippen LogP contribution in [0.15, 0.2) is 54.6 Å². The van der Waals surface area contributed by atoms with Crippen LogP contribution >= 0.6 is 0 Å². The van der Waals surface area contributed by atoms with E-state index in [2.05, 4.69) is 15.1 Å². The molecule has 1 aliphatic heterocycles. The topological polar surface area (TPSA) is 58.6 Å². The van der Waals surface area contributed by atoms with Crippen molar-refractivity contribution in [3.05, 3.63) is 71.5 Å². The SMILES string of the molecule is Cc1ccc(OCC(=O)N2CCN(c3ccc(-c4ccc(F)cc4)nn3)CC2)c(C)c1. The van der Waals surface area contributed by atoms with E-state index in [1.165, 1.54) is 17.7 Å². The highest BCUT2D eigenvalue weighted by Crippen LogP contribution is 2.21. The molecule has 1 aromatic heterocycles. The maximum Gasteiger partial charge on any atom is 0.260 e. The zero-order valence-corrected chi connectivity index (χ0v) is 17.7. The van der Waals surface area contributed by atoms with Gasteiger partial charge in [-0.1, -0.05) is 17.7 Å². The number of nitrogens with zero attached hydrogens (tertiary/aromatic N) is 4. The first-order valence-corrected chi connectivity index (χ1v) is 10.3. The number of piperazine rings is 1. The summed E-state index contributed by atoms with van der Waals surface area (Å²) in [4.78, 5) is 16.5. The van der Waals surface area contributed by atoms with Crippen LogP contribution in [-0.2, 0) is 4.79 Å². The van der Waals surface area contributed by atoms with E-state index in [4.69, 9.17) is 4.74 Å². The monoisotopic (exact) mass is 420 g/mol. The smallest absolute Gasteiger partial charge is 0.260 e. The molecule has 7 heteroatoms. The van der Waals surface area contributed by atoms with Crippen molar-refractivity contribution in [3.63, 3.8) is 0 Å². The molecule has 31 heavy (non-hydrogen) atoms. The van der Waals surface area contributed by atoms with Gasteiger partial charge in [-0.25, -0.2) is 4.39 Å². The van der Waals surface area contributed by atoms with Crippen molar-refractivity contribution in [1.82, 2.24) is 15.1 Å². The normalized spacial score (nSPS) is 13.9. The quantitative estimate of drug-likeness (QED) is 0.631. The van der Waals surface area contributed by atoms with Gasteiger partial charge in [-0.2, -0.15) is 0 Å². The fourth-order valence-electron chi connectivity index (χ4n) is 3.65. The van der Waals surface area contributed by atoms with Crippen LogP contribution in [-0.4, -0.2) is 53.8 Å². The Labute approximate surface area is 181 Å². The maximum absolute atomic E-state index is 13.1. The number of anilines is 1. The molecule has 2 heterocycles. The molecular formula is C24H25FN4O2. The third-order valence-electron chi connectivity index (χ3n) is 5.43. The number of aromatic nitrogens is 2. The number of carbonyl (C=O) groups excluding carboxylic acids is 1. The van der Waals surface area contributed by atoms with Crippen molar-refractivity contribution in [2.75, 3.05) is 37.7 Å². The molecule has 160 valence electrons. The summed E-state index contributed by atoms with van der Waals surface area (Å²) in [5.41, 5.74) is 3.71. The lowest BCUT2D eigenvalue weighted by Crippen LogP contribution is -2.50. The summed E-state index contributed by atoms with van der Waals surface area (Å²) in [6.07, 6.45) is 0. The van der Waals surface area contributed by atoms with Crippen LogP contribution in [0.2, 0.25) is 0 Å². The van der Waals surface area contributed by atoms with Crippen molar-refractivity contribution in [2.45, 2.75) is 13.8 Å². The summed E-state index contributed by atoms with van der Waals surface area (Å²) in [5, 5.41) is 8.59. The summed E-state index contributed by atoms with van der Waals surface area (Å²) >= 11 is 0. The van der Waals surface area contributed by atoms with E-state index >= 15 is 0 Å². The van der Waals surface area contributed by atoms with E-state index < -0.39 is 0 Å². The van der Waals surface area contributed by atoms with Crippen LogP contribution in [0.3, 0.4) is 0 Å². The van der Waals surface area contributed by atoms with Crippen LogP contribution < -0.4 is 9.64 Å². The van der Waals surface area contributed by atoms with E-state index in [9.17, 15) is 9.18 Å². The van der Waals surface area contributed by atoms with Crippen LogP contribution in [0.5, 0.6) is 5.75 Å². The summed E-state index contributed by atoms with van der Waals surface area (Å²) < 4.78 is 18.8. The lowest BCUT2D eigenvalue weighted by atomic mass is 10.1. The summed E-state index contributed by atoms with van der Waals surface area (Å²) in [7, 11) is 0. The second kappa shape index (κ2) is 9.12. The number of hydrogen-bond acceptors (Lipinski definition) is 5. The van der Waals surface area contributed by atoms with Gasteiger partial charge in [-0.3, -0.25) is 4.79 Å². The van der Waals surface area contributed by atoms with Gasteiger partial charge in [0.2, 0.25) is 0 Å². The largest absolute Gasteiger partial charge is 0.484 e. The van der Waals surface area contributed by atoms with Gasteiger partial charge >= 0.3 is 0 Å². The van der Waals surface area contributed by atoms with Crippen molar-refractivity contribution < 1.29 is 13.9 Å². The first kappa shape index (κ1) is 20.8. The number of benzene rings is 2. The Morgan fingerprint density at radius 1 is 0.968 bits per heavy atom. The zero-order chi connectivity index (χ0) is 21.8. The second-order valence-electron chi connectivity index (χ2n) is 7.71. The molecule has 0 bridgehead atoms. The highest BCUT2D eigenvalue weighted by atomic mass is 19.1. The van der Waals surface area contributed by atoms with Crippen LogP contribution in [0.4, 0.5) is 10.2 Å². The molecule has 0 unspecified atom stereocenters. The van der Waals surface area contributed by atoms with Gasteiger partial charge in [0.25, 0.3) is 5.91 Å². The third kappa shape index (κ3) is 4.99. The highest BCUT2D eigenvalue weighted by Gasteiger charge is 2.22. The average Bonchev–Trinajstić information content (AvgIpc) is 2.79. The Morgan fingerprint density at radius 3 is 2.35 bits per heavy atom. The lowest BCUT2D eigenvalue weighted by molar-refractivity contribution is -0.133. The minimum Gasteiger partial charge on any atom is -0.484 e. The standard InChI is InChI=1S/C24H25FN4O2/c1-17-3-9-22(18(2)15-17)31-16-24(30)29-13-11-28(12-14-29)23-10-8-21(26-27-23)19-4-6-20(25)7-5-19/h3-10,15H,11-14,16H2,1-2H3. The molecular weight excluding hydrogens is 395 g/mol. The number of aryl methyl sites for hydroxylation is 2. The molecule has 4 rings (SSSR count). The molecule has 1 amide bonds. The minimum absolute atomic E-state index is 0.0163. The Hall–Kier alpha value is -3.48. The molecule has 3 aromatic rings. The molecule has 0 saturated carbocycles. The first-order chi connectivity index (χ1) is 15.0. The predicted octanol–water partition coefficient (Wildman–Crippen LogP) is 3.63. The Balaban J connectivity index is 1.29. The van der Waals surface area contributed by atoms with Gasteiger partial charge in [0.05, 0.1) is 5.69 Å². The molecule has 0 aliphatic carbocycles. The van der Waals surface area contributed by atoms with Crippen molar-refractivity contribution in [3.8, 4) is 17.0 Å². The summed E-state index contributed by atoms with van der Waals surface area (Å²) in [6, 6.07) is 15.9. The molecule has 6 nitrogen and oxygen atoms in total. The van der Waals surface area contributed by atoms with Crippen molar-refractivity contribution in [2.24, 2.45) is 0 Å². The average molecular weight is 420 g/mol. The first-order valence-electron chi connectivity index (χ1n) is 10.3. The Kier molecular flexibility index (Phi) is 6.11. The van der Waals surface area contributed by atoms with Gasteiger partial charge in [-0.05, 0) is 61.9 Å². The van der Waals surface area contributed by atoms with E-state index in [-0.39, 0.29) is 18.3 Å². The molecule has 1 fully saturated rings. The maximum atomic E-state index is 13.1. The molecule has 0 atom stereocenters. The van der Waals surface area contributed by atoms with Crippen LogP contribution in [0.25, 0.3) is 11.3 Å². The highest BCUT2D eigenvalue weighted by molar-refractivity contribution is 5.78. The zero-order valence-electron chi connectivity index (χ0n) is 17.7. The Bertz CT molecular complexity index is 1050. The Morgan fingerprint density at radius 2 is 1.71 bits per heavy atom. The van der Waals surface area contributed by atoms with Crippen LogP contribution in [0, 0.1) is 19.7 Å². The molecule has 0 radical (unpaired) electrons. The van der Waals surface area contributed by atoms with Crippen LogP contribution in [0.1, 0.15) is 11.1 Å². The number of hydrogen-bond donors (Lipinski definition) is 0. The predicted molar refractivity (Wildman–Crippen MR) is 118 cm³/mol. The molecule has 0 spiro atoms. The van der Waals surface area contributed by atoms with Gasteiger partial charge in [0.15, 0.2) is 12.4 Å². The fourth-order valence-corrected chi connectivity index (χ4v) is 3.65. The van der Waals surface area contributed by atoms with E-state index in [0.717, 1.165) is 22.7 Å². The van der Waals surface area contributed by atoms with E-state index in [1.54, 1.807) is 12.1 Å². The molecule has 1 saturated heterocycles.